The second-order valence-electron chi connectivity index (χ2n) is 5.55. The molecule has 0 atom stereocenters. The minimum absolute atomic E-state index is 0.109. The molecule has 128 valence electrons. The summed E-state index contributed by atoms with van der Waals surface area (Å²) in [4.78, 5) is 16.2. The van der Waals surface area contributed by atoms with Crippen LogP contribution in [-0.2, 0) is 22.2 Å². The molecule has 0 amide bonds. The van der Waals surface area contributed by atoms with E-state index in [0.717, 1.165) is 8.45 Å². The summed E-state index contributed by atoms with van der Waals surface area (Å²) in [5, 5.41) is 0. The van der Waals surface area contributed by atoms with Gasteiger partial charge in [0, 0.05) is 29.5 Å². The number of halogens is 1. The molecule has 25 heavy (non-hydrogen) atoms. The van der Waals surface area contributed by atoms with Crippen molar-refractivity contribution in [2.75, 3.05) is 0 Å². The van der Waals surface area contributed by atoms with Crippen LogP contribution in [0, 0.1) is 0 Å². The predicted octanol–water partition coefficient (Wildman–Crippen LogP) is 3.45. The lowest BCUT2D eigenvalue weighted by Gasteiger charge is -2.06. The molecule has 3 rings (SSSR count). The van der Waals surface area contributed by atoms with Gasteiger partial charge in [0.15, 0.2) is 5.78 Å². The van der Waals surface area contributed by atoms with Crippen LogP contribution < -0.4 is 0 Å². The van der Waals surface area contributed by atoms with E-state index in [0.29, 0.717) is 16.8 Å². The van der Waals surface area contributed by atoms with Crippen LogP contribution in [0.4, 0.5) is 0 Å². The van der Waals surface area contributed by atoms with Crippen LogP contribution in [0.25, 0.3) is 0 Å². The van der Waals surface area contributed by atoms with Gasteiger partial charge in [-0.15, -0.1) is 0 Å². The van der Waals surface area contributed by atoms with E-state index in [4.69, 9.17) is 0 Å². The fourth-order valence-corrected chi connectivity index (χ4v) is 3.94. The van der Waals surface area contributed by atoms with Crippen molar-refractivity contribution in [1.82, 2.24) is 8.96 Å². The van der Waals surface area contributed by atoms with Crippen LogP contribution in [0.15, 0.2) is 71.6 Å². The SMILES string of the molecule is O=C(Cc1ccn(S(=O)(=O)Cc2ccc(Br)cc2)c1)c1ccccn1. The summed E-state index contributed by atoms with van der Waals surface area (Å²) >= 11 is 3.32. The monoisotopic (exact) mass is 418 g/mol. The van der Waals surface area contributed by atoms with Gasteiger partial charge >= 0.3 is 0 Å². The lowest BCUT2D eigenvalue weighted by atomic mass is 10.1. The molecule has 0 aliphatic heterocycles. The molecule has 2 heterocycles. The van der Waals surface area contributed by atoms with Gasteiger partial charge in [-0.2, -0.15) is 0 Å². The van der Waals surface area contributed by atoms with Crippen molar-refractivity contribution in [3.8, 4) is 0 Å². The van der Waals surface area contributed by atoms with Crippen LogP contribution in [0.1, 0.15) is 21.6 Å². The molecule has 2 aromatic heterocycles. The third-order valence-corrected chi connectivity index (χ3v) is 5.72. The molecule has 0 bridgehead atoms. The van der Waals surface area contributed by atoms with E-state index < -0.39 is 10.0 Å². The van der Waals surface area contributed by atoms with Crippen molar-refractivity contribution in [2.45, 2.75) is 12.2 Å². The number of rotatable bonds is 6. The van der Waals surface area contributed by atoms with Crippen LogP contribution in [0.3, 0.4) is 0 Å². The predicted molar refractivity (Wildman–Crippen MR) is 98.9 cm³/mol. The molecule has 5 nitrogen and oxygen atoms in total. The molecule has 0 fully saturated rings. The maximum atomic E-state index is 12.5. The number of hydrogen-bond donors (Lipinski definition) is 0. The highest BCUT2D eigenvalue weighted by Crippen LogP contribution is 2.15. The summed E-state index contributed by atoms with van der Waals surface area (Å²) in [6.07, 6.45) is 4.61. The van der Waals surface area contributed by atoms with Gasteiger partial charge in [0.1, 0.15) is 5.69 Å². The topological polar surface area (TPSA) is 69.0 Å². The zero-order valence-electron chi connectivity index (χ0n) is 13.2. The number of carbonyl (C=O) groups excluding carboxylic acids is 1. The number of Topliss-reactive ketones (excluding diaryl/α,β-unsaturated/α-hetero) is 1. The summed E-state index contributed by atoms with van der Waals surface area (Å²) in [6, 6.07) is 13.9. The van der Waals surface area contributed by atoms with E-state index in [1.54, 1.807) is 54.7 Å². The highest BCUT2D eigenvalue weighted by Gasteiger charge is 2.16. The summed E-state index contributed by atoms with van der Waals surface area (Å²) in [6.45, 7) is 0. The van der Waals surface area contributed by atoms with Gasteiger partial charge in [-0.05, 0) is 41.5 Å². The Balaban J connectivity index is 1.74. The van der Waals surface area contributed by atoms with E-state index >= 15 is 0 Å². The lowest BCUT2D eigenvalue weighted by Crippen LogP contribution is -2.13. The standard InChI is InChI=1S/C18H15BrN2O3S/c19-16-6-4-14(5-7-16)13-25(23,24)21-10-8-15(12-21)11-18(22)17-3-1-2-9-20-17/h1-10,12H,11,13H2. The number of pyridine rings is 1. The summed E-state index contributed by atoms with van der Waals surface area (Å²) in [5.74, 6) is -0.258. The zero-order chi connectivity index (χ0) is 17.9. The summed E-state index contributed by atoms with van der Waals surface area (Å²) in [7, 11) is -3.53. The van der Waals surface area contributed by atoms with Gasteiger partial charge in [0.25, 0.3) is 0 Å². The number of benzene rings is 1. The minimum atomic E-state index is -3.53. The van der Waals surface area contributed by atoms with Crippen molar-refractivity contribution < 1.29 is 13.2 Å². The van der Waals surface area contributed by atoms with Gasteiger partial charge in [-0.25, -0.2) is 8.42 Å². The number of nitrogens with zero attached hydrogens (tertiary/aromatic N) is 2. The van der Waals surface area contributed by atoms with Gasteiger partial charge in [-0.1, -0.05) is 34.1 Å². The molecular formula is C18H15BrN2O3S. The molecule has 0 unspecified atom stereocenters. The average molecular weight is 419 g/mol. The Bertz CT molecular complexity index is 981. The van der Waals surface area contributed by atoms with Gasteiger partial charge < -0.3 is 0 Å². The van der Waals surface area contributed by atoms with E-state index in [1.165, 1.54) is 12.4 Å². The zero-order valence-corrected chi connectivity index (χ0v) is 15.6. The van der Waals surface area contributed by atoms with E-state index in [9.17, 15) is 13.2 Å². The first-order valence-corrected chi connectivity index (χ1v) is 9.93. The number of hydrogen-bond acceptors (Lipinski definition) is 4. The molecule has 0 N–H and O–H groups in total. The molecule has 3 aromatic rings. The largest absolute Gasteiger partial charge is 0.292 e. The number of ketones is 1. The molecule has 0 saturated carbocycles. The fraction of sp³-hybridized carbons (Fsp3) is 0.111. The third-order valence-electron chi connectivity index (χ3n) is 3.63. The Morgan fingerprint density at radius 2 is 1.80 bits per heavy atom. The van der Waals surface area contributed by atoms with Crippen molar-refractivity contribution >= 4 is 31.7 Å². The molecule has 0 aliphatic carbocycles. The Hall–Kier alpha value is -2.25. The van der Waals surface area contributed by atoms with E-state index in [2.05, 4.69) is 20.9 Å². The van der Waals surface area contributed by atoms with E-state index in [-0.39, 0.29) is 18.0 Å². The van der Waals surface area contributed by atoms with Crippen LogP contribution in [0.5, 0.6) is 0 Å². The second kappa shape index (κ2) is 7.33. The first-order valence-electron chi connectivity index (χ1n) is 7.53. The molecule has 0 saturated heterocycles. The minimum Gasteiger partial charge on any atom is -0.292 e. The van der Waals surface area contributed by atoms with Crippen molar-refractivity contribution in [3.63, 3.8) is 0 Å². The molecule has 1 aromatic carbocycles. The Kier molecular flexibility index (Phi) is 5.15. The third kappa shape index (κ3) is 4.43. The number of carbonyl (C=O) groups is 1. The molecule has 0 aliphatic rings. The maximum absolute atomic E-state index is 12.5. The molecule has 7 heteroatoms. The van der Waals surface area contributed by atoms with Crippen molar-refractivity contribution in [1.29, 1.82) is 0 Å². The molecule has 0 spiro atoms. The first-order chi connectivity index (χ1) is 11.9. The van der Waals surface area contributed by atoms with Crippen LogP contribution in [0.2, 0.25) is 0 Å². The lowest BCUT2D eigenvalue weighted by molar-refractivity contribution is 0.0988. The van der Waals surface area contributed by atoms with Crippen molar-refractivity contribution in [2.24, 2.45) is 0 Å². The summed E-state index contributed by atoms with van der Waals surface area (Å²) in [5.41, 5.74) is 1.70. The molecular weight excluding hydrogens is 404 g/mol. The average Bonchev–Trinajstić information content (AvgIpc) is 3.07. The van der Waals surface area contributed by atoms with Gasteiger partial charge in [-0.3, -0.25) is 13.8 Å². The number of aromatic nitrogens is 2. The Morgan fingerprint density at radius 1 is 1.04 bits per heavy atom. The van der Waals surface area contributed by atoms with Gasteiger partial charge in [0.2, 0.25) is 10.0 Å². The second-order valence-corrected chi connectivity index (χ2v) is 8.34. The maximum Gasteiger partial charge on any atom is 0.242 e. The van der Waals surface area contributed by atoms with E-state index in [1.807, 2.05) is 0 Å². The quantitative estimate of drug-likeness (QED) is 0.574. The fourth-order valence-electron chi connectivity index (χ4n) is 2.37. The Labute approximate surface area is 154 Å². The van der Waals surface area contributed by atoms with Crippen molar-refractivity contribution in [3.05, 3.63) is 88.4 Å². The highest BCUT2D eigenvalue weighted by atomic mass is 79.9. The van der Waals surface area contributed by atoms with Gasteiger partial charge in [0.05, 0.1) is 5.75 Å². The smallest absolute Gasteiger partial charge is 0.242 e. The summed E-state index contributed by atoms with van der Waals surface area (Å²) < 4.78 is 27.1. The highest BCUT2D eigenvalue weighted by molar-refractivity contribution is 9.10. The Morgan fingerprint density at radius 3 is 2.48 bits per heavy atom. The van der Waals surface area contributed by atoms with Crippen LogP contribution in [-0.4, -0.2) is 23.2 Å². The van der Waals surface area contributed by atoms with Crippen LogP contribution >= 0.6 is 15.9 Å². The molecule has 0 radical (unpaired) electrons. The normalized spacial score (nSPS) is 11.4. The first kappa shape index (κ1) is 17.6.